The highest BCUT2D eigenvalue weighted by Gasteiger charge is 2.84. The van der Waals surface area contributed by atoms with Crippen LogP contribution in [-0.2, 0) is 18.9 Å². The van der Waals surface area contributed by atoms with Gasteiger partial charge in [0.05, 0.1) is 37.3 Å². The topological polar surface area (TPSA) is 93.8 Å². The van der Waals surface area contributed by atoms with Crippen molar-refractivity contribution in [2.75, 3.05) is 20.3 Å². The van der Waals surface area contributed by atoms with Gasteiger partial charge in [-0.15, -0.1) is 0 Å². The van der Waals surface area contributed by atoms with E-state index in [-0.39, 0.29) is 17.9 Å². The summed E-state index contributed by atoms with van der Waals surface area (Å²) in [6, 6.07) is 1.92. The van der Waals surface area contributed by atoms with Crippen molar-refractivity contribution >= 4 is 0 Å². The fourth-order valence-electron chi connectivity index (χ4n) is 7.49. The molecule has 2 aliphatic carbocycles. The van der Waals surface area contributed by atoms with Gasteiger partial charge in [0.2, 0.25) is 0 Å². The maximum Gasteiger partial charge on any atom is 0.196 e. The molecule has 3 saturated heterocycles. The molecule has 5 fully saturated rings. The number of ether oxygens (including phenoxy) is 4. The number of aliphatic hydroxyl groups excluding tert-OH is 1. The van der Waals surface area contributed by atoms with E-state index in [0.29, 0.717) is 19.6 Å². The molecule has 2 N–H and O–H groups in total. The van der Waals surface area contributed by atoms with Crippen molar-refractivity contribution < 1.29 is 33.6 Å². The van der Waals surface area contributed by atoms with E-state index in [1.54, 1.807) is 19.6 Å². The molecule has 7 nitrogen and oxygen atoms in total. The summed E-state index contributed by atoms with van der Waals surface area (Å²) in [4.78, 5) is 0. The van der Waals surface area contributed by atoms with Crippen LogP contribution in [0.1, 0.15) is 44.3 Å². The molecule has 154 valence electrons. The third-order valence-electron chi connectivity index (χ3n) is 8.93. The molecule has 2 bridgehead atoms. The summed E-state index contributed by atoms with van der Waals surface area (Å²) >= 11 is 0. The second-order valence-corrected chi connectivity index (χ2v) is 9.50. The maximum atomic E-state index is 11.6. The van der Waals surface area contributed by atoms with E-state index >= 15 is 0 Å². The van der Waals surface area contributed by atoms with E-state index in [1.165, 1.54) is 0 Å². The van der Waals surface area contributed by atoms with Crippen LogP contribution in [-0.4, -0.2) is 54.3 Å². The Kier molecular flexibility index (Phi) is 3.44. The zero-order valence-corrected chi connectivity index (χ0v) is 16.3. The number of rotatable bonds is 2. The van der Waals surface area contributed by atoms with Crippen LogP contribution in [0.4, 0.5) is 0 Å². The monoisotopic (exact) mass is 392 g/mol. The summed E-state index contributed by atoms with van der Waals surface area (Å²) in [5, 5.41) is 23.0. The summed E-state index contributed by atoms with van der Waals surface area (Å²) in [6.45, 7) is 2.91. The molecule has 1 aromatic heterocycles. The van der Waals surface area contributed by atoms with Crippen LogP contribution in [0.25, 0.3) is 0 Å². The van der Waals surface area contributed by atoms with E-state index in [9.17, 15) is 10.2 Å². The predicted molar refractivity (Wildman–Crippen MR) is 94.9 cm³/mol. The van der Waals surface area contributed by atoms with Gasteiger partial charge in [-0.05, 0) is 31.2 Å². The first-order valence-corrected chi connectivity index (χ1v) is 10.3. The van der Waals surface area contributed by atoms with Crippen LogP contribution in [0.3, 0.4) is 0 Å². The normalized spacial score (nSPS) is 57.1. The van der Waals surface area contributed by atoms with Crippen LogP contribution >= 0.6 is 0 Å². The molecule has 3 aliphatic heterocycles. The number of furan rings is 1. The van der Waals surface area contributed by atoms with Gasteiger partial charge < -0.3 is 33.6 Å². The number of fused-ring (bicyclic) bond motifs is 2. The van der Waals surface area contributed by atoms with Gasteiger partial charge >= 0.3 is 0 Å². The minimum atomic E-state index is -1.63. The summed E-state index contributed by atoms with van der Waals surface area (Å²) in [5.41, 5.74) is -0.544. The minimum absolute atomic E-state index is 0.0749. The van der Waals surface area contributed by atoms with Crippen LogP contribution < -0.4 is 0 Å². The minimum Gasteiger partial charge on any atom is -0.472 e. The molecular weight excluding hydrogens is 364 g/mol. The molecule has 4 heterocycles. The first-order chi connectivity index (χ1) is 13.4. The molecule has 2 saturated carbocycles. The fourth-order valence-corrected chi connectivity index (χ4v) is 7.49. The summed E-state index contributed by atoms with van der Waals surface area (Å²) in [6.07, 6.45) is 5.25. The molecule has 0 unspecified atom stereocenters. The van der Waals surface area contributed by atoms with Gasteiger partial charge in [-0.3, -0.25) is 0 Å². The Morgan fingerprint density at radius 2 is 2.07 bits per heavy atom. The van der Waals surface area contributed by atoms with Crippen molar-refractivity contribution in [2.45, 2.75) is 62.5 Å². The van der Waals surface area contributed by atoms with E-state index in [1.807, 2.05) is 13.0 Å². The third kappa shape index (κ3) is 1.75. The maximum absolute atomic E-state index is 11.6. The summed E-state index contributed by atoms with van der Waals surface area (Å²) in [5.74, 6) is -1.91. The molecule has 6 rings (SSSR count). The van der Waals surface area contributed by atoms with Gasteiger partial charge in [0.25, 0.3) is 0 Å². The van der Waals surface area contributed by atoms with E-state index in [2.05, 4.69) is 0 Å². The molecule has 0 radical (unpaired) electrons. The lowest BCUT2D eigenvalue weighted by atomic mass is 9.42. The lowest BCUT2D eigenvalue weighted by molar-refractivity contribution is -0.328. The quantitative estimate of drug-likeness (QED) is 0.744. The zero-order chi connectivity index (χ0) is 19.4. The second-order valence-electron chi connectivity index (χ2n) is 9.50. The lowest BCUT2D eigenvalue weighted by Gasteiger charge is -2.62. The van der Waals surface area contributed by atoms with Gasteiger partial charge in [-0.25, -0.2) is 0 Å². The molecule has 3 spiro atoms. The third-order valence-corrected chi connectivity index (χ3v) is 8.93. The predicted octanol–water partition coefficient (Wildman–Crippen LogP) is 1.98. The SMILES string of the molecule is CO[C@H]1O[C@H](c2ccoc2)C[C@]12[C@H](C)[C@]1(O)OC[C@]3([C@@H]2CCC[C@]32CO2)[C@H]1O. The first-order valence-electron chi connectivity index (χ1n) is 10.3. The Morgan fingerprint density at radius 3 is 2.75 bits per heavy atom. The highest BCUT2D eigenvalue weighted by molar-refractivity contribution is 5.29. The standard InChI is InChI=1S/C21H28O7/c1-12-19(8-14(28-17(19)24-2)13-5-7-25-9-13)15-4-3-6-18(10-26-18)20(15)11-27-21(12,23)16(20)22/h5,7,9,12,14-17,22-23H,3-4,6,8,10-11H2,1-2H3/t12-,14-,15+,16+,17-,18-,19+,20-,21-/m0/s1. The largest absolute Gasteiger partial charge is 0.472 e. The molecular formula is C21H28O7. The zero-order valence-electron chi connectivity index (χ0n) is 16.3. The van der Waals surface area contributed by atoms with Gasteiger partial charge in [-0.1, -0.05) is 13.3 Å². The first kappa shape index (κ1) is 17.9. The van der Waals surface area contributed by atoms with Gasteiger partial charge in [0.15, 0.2) is 12.1 Å². The van der Waals surface area contributed by atoms with Crippen molar-refractivity contribution in [3.63, 3.8) is 0 Å². The lowest BCUT2D eigenvalue weighted by Crippen LogP contribution is -2.72. The fraction of sp³-hybridized carbons (Fsp3) is 0.810. The molecule has 0 amide bonds. The second kappa shape index (κ2) is 5.39. The Balaban J connectivity index is 1.52. The molecule has 0 aromatic carbocycles. The average Bonchev–Trinajstić information content (AvgIpc) is 3.09. The molecule has 9 atom stereocenters. The van der Waals surface area contributed by atoms with E-state index < -0.39 is 34.6 Å². The molecule has 5 aliphatic rings. The number of methoxy groups -OCH3 is 1. The number of hydrogen-bond donors (Lipinski definition) is 2. The average molecular weight is 392 g/mol. The van der Waals surface area contributed by atoms with E-state index in [0.717, 1.165) is 24.8 Å². The van der Waals surface area contributed by atoms with Crippen molar-refractivity contribution in [3.05, 3.63) is 24.2 Å². The van der Waals surface area contributed by atoms with E-state index in [4.69, 9.17) is 23.4 Å². The molecule has 1 aromatic rings. The van der Waals surface area contributed by atoms with Gasteiger partial charge in [0.1, 0.15) is 11.7 Å². The molecule has 28 heavy (non-hydrogen) atoms. The smallest absolute Gasteiger partial charge is 0.196 e. The number of aliphatic hydroxyl groups is 2. The van der Waals surface area contributed by atoms with Crippen molar-refractivity contribution in [3.8, 4) is 0 Å². The van der Waals surface area contributed by atoms with Crippen molar-refractivity contribution in [1.29, 1.82) is 0 Å². The highest BCUT2D eigenvalue weighted by atomic mass is 16.7. The van der Waals surface area contributed by atoms with Crippen LogP contribution in [0.5, 0.6) is 0 Å². The summed E-state index contributed by atoms with van der Waals surface area (Å²) < 4.78 is 29.6. The Bertz CT molecular complexity index is 776. The Hall–Kier alpha value is -0.960. The van der Waals surface area contributed by atoms with Gasteiger partial charge in [-0.2, -0.15) is 0 Å². The Morgan fingerprint density at radius 1 is 1.25 bits per heavy atom. The van der Waals surface area contributed by atoms with Crippen LogP contribution in [0, 0.1) is 22.7 Å². The van der Waals surface area contributed by atoms with Gasteiger partial charge in [0, 0.05) is 24.0 Å². The summed E-state index contributed by atoms with van der Waals surface area (Å²) in [7, 11) is 1.66. The molecule has 7 heteroatoms. The van der Waals surface area contributed by atoms with Crippen molar-refractivity contribution in [1.82, 2.24) is 0 Å². The van der Waals surface area contributed by atoms with Crippen molar-refractivity contribution in [2.24, 2.45) is 22.7 Å². The van der Waals surface area contributed by atoms with Crippen LogP contribution in [0.15, 0.2) is 23.0 Å². The number of hydrogen-bond acceptors (Lipinski definition) is 7. The van der Waals surface area contributed by atoms with Crippen LogP contribution in [0.2, 0.25) is 0 Å². The Labute approximate surface area is 163 Å². The highest BCUT2D eigenvalue weighted by Crippen LogP contribution is 2.76. The number of epoxide rings is 1.